The summed E-state index contributed by atoms with van der Waals surface area (Å²) in [6, 6.07) is 18.2. The fraction of sp³-hybridized carbons (Fsp3) is 0.286. The third-order valence-electron chi connectivity index (χ3n) is 4.58. The van der Waals surface area contributed by atoms with Gasteiger partial charge in [-0.3, -0.25) is 9.36 Å². The lowest BCUT2D eigenvalue weighted by molar-refractivity contribution is -0.117. The number of anilines is 1. The lowest BCUT2D eigenvalue weighted by Crippen LogP contribution is -2.23. The Morgan fingerprint density at radius 3 is 2.29 bits per heavy atom. The van der Waals surface area contributed by atoms with Crippen molar-refractivity contribution in [2.24, 2.45) is 5.73 Å². The summed E-state index contributed by atoms with van der Waals surface area (Å²) in [6.45, 7) is 7.99. The fourth-order valence-corrected chi connectivity index (χ4v) is 3.79. The van der Waals surface area contributed by atoms with E-state index in [1.165, 1.54) is 17.4 Å². The van der Waals surface area contributed by atoms with Crippen molar-refractivity contribution in [1.82, 2.24) is 14.8 Å². The SMILES string of the molecule is CCN(CC)c1ccc(-c2nnc(SC(C)C(N)=O)n2-c2ccccc2)cc1. The average molecular weight is 396 g/mol. The molecule has 0 aliphatic heterocycles. The number of rotatable bonds is 8. The van der Waals surface area contributed by atoms with E-state index in [-0.39, 0.29) is 5.91 Å². The van der Waals surface area contributed by atoms with Crippen molar-refractivity contribution in [3.63, 3.8) is 0 Å². The molecule has 28 heavy (non-hydrogen) atoms. The highest BCUT2D eigenvalue weighted by molar-refractivity contribution is 8.00. The van der Waals surface area contributed by atoms with Crippen LogP contribution >= 0.6 is 11.8 Å². The van der Waals surface area contributed by atoms with Crippen molar-refractivity contribution in [3.05, 3.63) is 54.6 Å². The number of aromatic nitrogens is 3. The van der Waals surface area contributed by atoms with Crippen molar-refractivity contribution in [1.29, 1.82) is 0 Å². The lowest BCUT2D eigenvalue weighted by atomic mass is 10.1. The zero-order chi connectivity index (χ0) is 20.1. The average Bonchev–Trinajstić information content (AvgIpc) is 3.13. The molecule has 0 saturated carbocycles. The van der Waals surface area contributed by atoms with Crippen LogP contribution in [0, 0.1) is 0 Å². The number of hydrogen-bond donors (Lipinski definition) is 1. The van der Waals surface area contributed by atoms with E-state index in [4.69, 9.17) is 5.73 Å². The quantitative estimate of drug-likeness (QED) is 0.588. The van der Waals surface area contributed by atoms with Crippen LogP contribution in [0.15, 0.2) is 59.8 Å². The van der Waals surface area contributed by atoms with Crippen LogP contribution in [0.4, 0.5) is 5.69 Å². The van der Waals surface area contributed by atoms with Crippen LogP contribution in [0.1, 0.15) is 20.8 Å². The molecule has 0 spiro atoms. The van der Waals surface area contributed by atoms with Crippen molar-refractivity contribution >= 4 is 23.4 Å². The van der Waals surface area contributed by atoms with Crippen molar-refractivity contribution in [2.75, 3.05) is 18.0 Å². The molecule has 1 heterocycles. The maximum absolute atomic E-state index is 11.5. The van der Waals surface area contributed by atoms with Crippen LogP contribution in [0.3, 0.4) is 0 Å². The first-order valence-electron chi connectivity index (χ1n) is 9.37. The summed E-state index contributed by atoms with van der Waals surface area (Å²) in [5, 5.41) is 9.00. The summed E-state index contributed by atoms with van der Waals surface area (Å²) in [5.41, 5.74) is 8.52. The van der Waals surface area contributed by atoms with Gasteiger partial charge in [-0.2, -0.15) is 0 Å². The highest BCUT2D eigenvalue weighted by Gasteiger charge is 2.20. The van der Waals surface area contributed by atoms with Crippen molar-refractivity contribution in [2.45, 2.75) is 31.2 Å². The third kappa shape index (κ3) is 4.20. The standard InChI is InChI=1S/C21H25N5OS/c1-4-25(5-2)17-13-11-16(12-14-17)20-23-24-21(28-15(3)19(22)27)26(20)18-9-7-6-8-10-18/h6-15H,4-5H2,1-3H3,(H2,22,27). The summed E-state index contributed by atoms with van der Waals surface area (Å²) in [7, 11) is 0. The second-order valence-corrected chi connectivity index (χ2v) is 7.67. The number of carbonyl (C=O) groups is 1. The molecule has 3 aromatic rings. The molecule has 146 valence electrons. The molecule has 6 nitrogen and oxygen atoms in total. The molecule has 0 aliphatic rings. The largest absolute Gasteiger partial charge is 0.372 e. The number of nitrogens with two attached hydrogens (primary N) is 1. The Kier molecular flexibility index (Phi) is 6.36. The van der Waals surface area contributed by atoms with E-state index in [9.17, 15) is 4.79 Å². The number of hydrogen-bond acceptors (Lipinski definition) is 5. The highest BCUT2D eigenvalue weighted by atomic mass is 32.2. The van der Waals surface area contributed by atoms with Gasteiger partial charge in [0.2, 0.25) is 5.91 Å². The summed E-state index contributed by atoms with van der Waals surface area (Å²) in [4.78, 5) is 13.8. The normalized spacial score (nSPS) is 12.0. The van der Waals surface area contributed by atoms with E-state index in [0.29, 0.717) is 5.16 Å². The number of carbonyl (C=O) groups excluding carboxylic acids is 1. The predicted octanol–water partition coefficient (Wildman–Crippen LogP) is 3.75. The lowest BCUT2D eigenvalue weighted by Gasteiger charge is -2.21. The van der Waals surface area contributed by atoms with Gasteiger partial charge in [-0.25, -0.2) is 0 Å². The topological polar surface area (TPSA) is 77.0 Å². The monoisotopic (exact) mass is 395 g/mol. The van der Waals surface area contributed by atoms with Crippen LogP contribution in [-0.2, 0) is 4.79 Å². The van der Waals surface area contributed by atoms with Gasteiger partial charge in [0.25, 0.3) is 0 Å². The number of para-hydroxylation sites is 1. The molecule has 0 bridgehead atoms. The first-order valence-corrected chi connectivity index (χ1v) is 10.2. The Bertz CT molecular complexity index is 920. The highest BCUT2D eigenvalue weighted by Crippen LogP contribution is 2.30. The number of amides is 1. The van der Waals surface area contributed by atoms with Crippen LogP contribution in [-0.4, -0.2) is 39.0 Å². The summed E-state index contributed by atoms with van der Waals surface area (Å²) >= 11 is 1.31. The van der Waals surface area contributed by atoms with Gasteiger partial charge in [0.05, 0.1) is 5.25 Å². The minimum absolute atomic E-state index is 0.377. The second kappa shape index (κ2) is 8.93. The van der Waals surface area contributed by atoms with Gasteiger partial charge in [-0.1, -0.05) is 30.0 Å². The summed E-state index contributed by atoms with van der Waals surface area (Å²) in [5.74, 6) is 0.356. The van der Waals surface area contributed by atoms with Crippen molar-refractivity contribution in [3.8, 4) is 17.1 Å². The molecule has 0 fully saturated rings. The third-order valence-corrected chi connectivity index (χ3v) is 5.65. The number of primary amides is 1. The number of nitrogens with zero attached hydrogens (tertiary/aromatic N) is 4. The first-order chi connectivity index (χ1) is 13.5. The van der Waals surface area contributed by atoms with Gasteiger partial charge in [0.1, 0.15) is 0 Å². The molecule has 0 aliphatic carbocycles. The fourth-order valence-electron chi connectivity index (χ4n) is 2.97. The molecule has 2 aromatic carbocycles. The molecule has 2 N–H and O–H groups in total. The molecule has 1 aromatic heterocycles. The van der Waals surface area contributed by atoms with Crippen molar-refractivity contribution < 1.29 is 4.79 Å². The van der Waals surface area contributed by atoms with Gasteiger partial charge in [-0.05, 0) is 57.2 Å². The molecule has 1 amide bonds. The number of benzene rings is 2. The molecule has 0 radical (unpaired) electrons. The molecular formula is C21H25N5OS. The number of thioether (sulfide) groups is 1. The van der Waals surface area contributed by atoms with Crippen LogP contribution in [0.5, 0.6) is 0 Å². The smallest absolute Gasteiger partial charge is 0.230 e. The Morgan fingerprint density at radius 2 is 1.71 bits per heavy atom. The minimum atomic E-state index is -0.399. The maximum atomic E-state index is 11.5. The van der Waals surface area contributed by atoms with Gasteiger partial charge < -0.3 is 10.6 Å². The Labute approximate surface area is 169 Å². The van der Waals surface area contributed by atoms with E-state index in [2.05, 4.69) is 53.2 Å². The molecular weight excluding hydrogens is 370 g/mol. The van der Waals surface area contributed by atoms with Gasteiger partial charge in [0.15, 0.2) is 11.0 Å². The van der Waals surface area contributed by atoms with E-state index >= 15 is 0 Å². The van der Waals surface area contributed by atoms with E-state index in [1.807, 2.05) is 34.9 Å². The molecule has 7 heteroatoms. The molecule has 0 saturated heterocycles. The predicted molar refractivity (Wildman–Crippen MR) is 115 cm³/mol. The summed E-state index contributed by atoms with van der Waals surface area (Å²) in [6.07, 6.45) is 0. The Balaban J connectivity index is 2.03. The van der Waals surface area contributed by atoms with Crippen LogP contribution in [0.2, 0.25) is 0 Å². The van der Waals surface area contributed by atoms with Gasteiger partial charge in [-0.15, -0.1) is 10.2 Å². The molecule has 1 unspecified atom stereocenters. The Morgan fingerprint density at radius 1 is 1.07 bits per heavy atom. The van der Waals surface area contributed by atoms with E-state index in [1.54, 1.807) is 6.92 Å². The Hall–Kier alpha value is -2.80. The molecule has 1 atom stereocenters. The zero-order valence-corrected chi connectivity index (χ0v) is 17.2. The zero-order valence-electron chi connectivity index (χ0n) is 16.4. The van der Waals surface area contributed by atoms with E-state index < -0.39 is 5.25 Å². The van der Waals surface area contributed by atoms with E-state index in [0.717, 1.165) is 30.2 Å². The van der Waals surface area contributed by atoms with Crippen LogP contribution in [0.25, 0.3) is 17.1 Å². The molecule has 3 rings (SSSR count). The van der Waals surface area contributed by atoms with Crippen LogP contribution < -0.4 is 10.6 Å². The van der Waals surface area contributed by atoms with Gasteiger partial charge >= 0.3 is 0 Å². The minimum Gasteiger partial charge on any atom is -0.372 e. The second-order valence-electron chi connectivity index (χ2n) is 6.36. The summed E-state index contributed by atoms with van der Waals surface area (Å²) < 4.78 is 1.97. The van der Waals surface area contributed by atoms with Gasteiger partial charge in [0, 0.05) is 30.0 Å². The first kappa shape index (κ1) is 19.9. The maximum Gasteiger partial charge on any atom is 0.230 e.